The van der Waals surface area contributed by atoms with Crippen molar-refractivity contribution in [3.05, 3.63) is 38.9 Å². The third kappa shape index (κ3) is 4.78. The summed E-state index contributed by atoms with van der Waals surface area (Å²) in [6.45, 7) is 2.08. The molecule has 162 valence electrons. The summed E-state index contributed by atoms with van der Waals surface area (Å²) in [7, 11) is 0. The number of hydrogen-bond acceptors (Lipinski definition) is 7. The summed E-state index contributed by atoms with van der Waals surface area (Å²) in [6, 6.07) is 4.17. The molecule has 0 spiro atoms. The number of pyridine rings is 1. The van der Waals surface area contributed by atoms with Crippen molar-refractivity contribution in [2.75, 3.05) is 17.7 Å². The molecule has 2 aromatic rings. The smallest absolute Gasteiger partial charge is 0.341 e. The summed E-state index contributed by atoms with van der Waals surface area (Å²) < 4.78 is 5.22. The zero-order valence-corrected chi connectivity index (χ0v) is 19.2. The maximum Gasteiger partial charge on any atom is 0.341 e. The molecule has 2 aliphatic rings. The van der Waals surface area contributed by atoms with Crippen LogP contribution in [0.5, 0.6) is 0 Å². The highest BCUT2D eigenvalue weighted by molar-refractivity contribution is 8.00. The molecule has 2 heterocycles. The van der Waals surface area contributed by atoms with E-state index in [1.165, 1.54) is 29.5 Å². The van der Waals surface area contributed by atoms with Crippen molar-refractivity contribution in [2.45, 2.75) is 63.3 Å². The summed E-state index contributed by atoms with van der Waals surface area (Å²) in [5.74, 6) is -0.453. The summed E-state index contributed by atoms with van der Waals surface area (Å²) >= 11 is 2.75. The minimum atomic E-state index is -0.371. The van der Waals surface area contributed by atoms with E-state index < -0.39 is 0 Å². The number of aromatic nitrogens is 1. The van der Waals surface area contributed by atoms with Gasteiger partial charge in [0.05, 0.1) is 23.5 Å². The largest absolute Gasteiger partial charge is 0.462 e. The second-order valence-corrected chi connectivity index (χ2v) is 9.81. The number of anilines is 1. The van der Waals surface area contributed by atoms with Crippen molar-refractivity contribution >= 4 is 40.0 Å². The third-order valence-electron chi connectivity index (χ3n) is 5.63. The predicted molar refractivity (Wildman–Crippen MR) is 122 cm³/mol. The molecule has 8 heteroatoms. The predicted octanol–water partition coefficient (Wildman–Crippen LogP) is 4.68. The van der Waals surface area contributed by atoms with E-state index in [-0.39, 0.29) is 17.6 Å². The van der Waals surface area contributed by atoms with Crippen LogP contribution < -0.4 is 5.32 Å². The van der Waals surface area contributed by atoms with E-state index in [2.05, 4.69) is 11.4 Å². The zero-order valence-electron chi connectivity index (χ0n) is 17.6. The van der Waals surface area contributed by atoms with E-state index in [0.29, 0.717) is 27.8 Å². The van der Waals surface area contributed by atoms with Gasteiger partial charge in [0.1, 0.15) is 16.1 Å². The summed E-state index contributed by atoms with van der Waals surface area (Å²) in [5, 5.41) is 13.6. The number of carbonyl (C=O) groups excluding carboxylic acids is 2. The number of amides is 1. The van der Waals surface area contributed by atoms with E-state index in [0.717, 1.165) is 66.6 Å². The van der Waals surface area contributed by atoms with Crippen LogP contribution in [-0.2, 0) is 35.2 Å². The van der Waals surface area contributed by atoms with E-state index in [9.17, 15) is 14.9 Å². The number of ether oxygens (including phenoxy) is 1. The standard InChI is InChI=1S/C23H25N3O3S2/c1-2-29-23(28)20-16-8-6-10-18(16)31-22(20)26-19(27)13-30-21-15(12-24)11-14-7-4-3-5-9-17(14)25-21/h11H,2-10,13H2,1H3,(H,26,27). The highest BCUT2D eigenvalue weighted by Gasteiger charge is 2.28. The van der Waals surface area contributed by atoms with Crippen LogP contribution in [0.4, 0.5) is 5.00 Å². The van der Waals surface area contributed by atoms with Gasteiger partial charge in [-0.15, -0.1) is 11.3 Å². The maximum atomic E-state index is 12.7. The lowest BCUT2D eigenvalue weighted by atomic mass is 10.1. The number of fused-ring (bicyclic) bond motifs is 2. The second-order valence-electron chi connectivity index (χ2n) is 7.74. The molecule has 2 aromatic heterocycles. The van der Waals surface area contributed by atoms with Crippen molar-refractivity contribution in [2.24, 2.45) is 0 Å². The van der Waals surface area contributed by atoms with E-state index in [1.807, 2.05) is 6.07 Å². The number of thioether (sulfide) groups is 1. The first kappa shape index (κ1) is 21.8. The molecule has 0 unspecified atom stereocenters. The van der Waals surface area contributed by atoms with Gasteiger partial charge in [-0.05, 0) is 69.1 Å². The number of aryl methyl sites for hydroxylation is 3. The van der Waals surface area contributed by atoms with Gasteiger partial charge in [-0.2, -0.15) is 5.26 Å². The molecule has 0 saturated carbocycles. The molecular formula is C23H25N3O3S2. The zero-order chi connectivity index (χ0) is 21.8. The van der Waals surface area contributed by atoms with Gasteiger partial charge in [0.25, 0.3) is 0 Å². The Balaban J connectivity index is 1.48. The number of nitrogens with one attached hydrogen (secondary N) is 1. The molecule has 0 atom stereocenters. The van der Waals surface area contributed by atoms with Crippen LogP contribution >= 0.6 is 23.1 Å². The Hall–Kier alpha value is -2.37. The fourth-order valence-electron chi connectivity index (χ4n) is 4.19. The van der Waals surface area contributed by atoms with E-state index in [1.54, 1.807) is 6.92 Å². The molecule has 0 saturated heterocycles. The number of thiophene rings is 1. The minimum absolute atomic E-state index is 0.130. The average Bonchev–Trinajstić information content (AvgIpc) is 3.24. The lowest BCUT2D eigenvalue weighted by Gasteiger charge is -2.10. The van der Waals surface area contributed by atoms with Crippen molar-refractivity contribution < 1.29 is 14.3 Å². The molecular weight excluding hydrogens is 430 g/mol. The summed E-state index contributed by atoms with van der Waals surface area (Å²) in [4.78, 5) is 31.1. The number of hydrogen-bond donors (Lipinski definition) is 1. The molecule has 0 aliphatic heterocycles. The topological polar surface area (TPSA) is 92.1 Å². The molecule has 2 aliphatic carbocycles. The molecule has 6 nitrogen and oxygen atoms in total. The first-order chi connectivity index (χ1) is 15.1. The van der Waals surface area contributed by atoms with Crippen molar-refractivity contribution in [1.82, 2.24) is 4.98 Å². The molecule has 0 fully saturated rings. The Morgan fingerprint density at radius 1 is 1.23 bits per heavy atom. The SMILES string of the molecule is CCOC(=O)c1c(NC(=O)CSc2nc3c(cc2C#N)CCCCC3)sc2c1CCC2. The van der Waals surface area contributed by atoms with Crippen LogP contribution in [0.2, 0.25) is 0 Å². The van der Waals surface area contributed by atoms with Crippen molar-refractivity contribution in [3.8, 4) is 6.07 Å². The van der Waals surface area contributed by atoms with Gasteiger partial charge in [-0.25, -0.2) is 9.78 Å². The number of nitriles is 1. The van der Waals surface area contributed by atoms with Crippen LogP contribution in [0.25, 0.3) is 0 Å². The van der Waals surface area contributed by atoms with Gasteiger partial charge >= 0.3 is 5.97 Å². The highest BCUT2D eigenvalue weighted by Crippen LogP contribution is 2.39. The van der Waals surface area contributed by atoms with Crippen LogP contribution in [0.15, 0.2) is 11.1 Å². The number of carbonyl (C=O) groups is 2. The molecule has 0 aromatic carbocycles. The second kappa shape index (κ2) is 9.84. The number of nitrogens with zero attached hydrogens (tertiary/aromatic N) is 2. The molecule has 31 heavy (non-hydrogen) atoms. The van der Waals surface area contributed by atoms with Gasteiger partial charge < -0.3 is 10.1 Å². The highest BCUT2D eigenvalue weighted by atomic mass is 32.2. The minimum Gasteiger partial charge on any atom is -0.462 e. The molecule has 4 rings (SSSR count). The van der Waals surface area contributed by atoms with Crippen molar-refractivity contribution in [1.29, 1.82) is 5.26 Å². The maximum absolute atomic E-state index is 12.7. The average molecular weight is 456 g/mol. The van der Waals surface area contributed by atoms with Crippen LogP contribution in [0.3, 0.4) is 0 Å². The molecule has 0 radical (unpaired) electrons. The van der Waals surface area contributed by atoms with Crippen LogP contribution in [0, 0.1) is 11.3 Å². The first-order valence-corrected chi connectivity index (χ1v) is 12.6. The lowest BCUT2D eigenvalue weighted by Crippen LogP contribution is -2.17. The quantitative estimate of drug-likeness (QED) is 0.386. The van der Waals surface area contributed by atoms with Gasteiger partial charge in [-0.1, -0.05) is 18.2 Å². The lowest BCUT2D eigenvalue weighted by molar-refractivity contribution is -0.113. The Morgan fingerprint density at radius 3 is 2.87 bits per heavy atom. The Morgan fingerprint density at radius 2 is 2.06 bits per heavy atom. The first-order valence-electron chi connectivity index (χ1n) is 10.8. The van der Waals surface area contributed by atoms with Crippen LogP contribution in [-0.4, -0.2) is 29.2 Å². The monoisotopic (exact) mass is 455 g/mol. The Bertz CT molecular complexity index is 1060. The van der Waals surface area contributed by atoms with Gasteiger partial charge in [0, 0.05) is 10.6 Å². The Labute approximate surface area is 190 Å². The fourth-order valence-corrected chi connectivity index (χ4v) is 6.26. The fraction of sp³-hybridized carbons (Fsp3) is 0.478. The Kier molecular flexibility index (Phi) is 6.93. The van der Waals surface area contributed by atoms with E-state index >= 15 is 0 Å². The summed E-state index contributed by atoms with van der Waals surface area (Å²) in [5.41, 5.74) is 4.28. The molecule has 0 bridgehead atoms. The molecule has 1 amide bonds. The number of rotatable bonds is 6. The van der Waals surface area contributed by atoms with Crippen molar-refractivity contribution in [3.63, 3.8) is 0 Å². The third-order valence-corrected chi connectivity index (χ3v) is 7.83. The molecule has 1 N–H and O–H groups in total. The van der Waals surface area contributed by atoms with E-state index in [4.69, 9.17) is 9.72 Å². The van der Waals surface area contributed by atoms with Gasteiger partial charge in [0.2, 0.25) is 5.91 Å². The van der Waals surface area contributed by atoms with Gasteiger partial charge in [-0.3, -0.25) is 4.79 Å². The summed E-state index contributed by atoms with van der Waals surface area (Å²) in [6.07, 6.45) is 8.09. The van der Waals surface area contributed by atoms with Gasteiger partial charge in [0.15, 0.2) is 0 Å². The van der Waals surface area contributed by atoms with Crippen LogP contribution in [0.1, 0.15) is 70.2 Å². The normalized spacial score (nSPS) is 14.8. The number of esters is 1.